The van der Waals surface area contributed by atoms with Crippen molar-refractivity contribution in [1.29, 1.82) is 0 Å². The monoisotopic (exact) mass is 336 g/mol. The van der Waals surface area contributed by atoms with Crippen LogP contribution in [0.2, 0.25) is 5.02 Å². The number of carbonyl (C=O) groups excluding carboxylic acids is 1. The van der Waals surface area contributed by atoms with E-state index in [1.54, 1.807) is 47.0 Å². The standard InChI is InChI=1S/C16H14ClFN2OS/c17-12-4-2-6-14(10-12)19-16(21)20-7-8-22-15(20)11-3-1-5-13(18)9-11/h1-6,9-10,15H,7-8H2,(H,19,21). The first-order valence-corrected chi connectivity index (χ1v) is 8.26. The van der Waals surface area contributed by atoms with Crippen LogP contribution in [-0.4, -0.2) is 23.2 Å². The van der Waals surface area contributed by atoms with Gasteiger partial charge in [0.2, 0.25) is 0 Å². The Bertz CT molecular complexity index is 697. The number of nitrogens with zero attached hydrogens (tertiary/aromatic N) is 1. The predicted molar refractivity (Wildman–Crippen MR) is 88.8 cm³/mol. The normalized spacial score (nSPS) is 17.5. The molecule has 2 aromatic rings. The van der Waals surface area contributed by atoms with Gasteiger partial charge in [-0.3, -0.25) is 0 Å². The summed E-state index contributed by atoms with van der Waals surface area (Å²) in [4.78, 5) is 14.2. The van der Waals surface area contributed by atoms with Crippen LogP contribution in [0.25, 0.3) is 0 Å². The van der Waals surface area contributed by atoms with Gasteiger partial charge in [-0.25, -0.2) is 9.18 Å². The second-order valence-electron chi connectivity index (χ2n) is 4.91. The molecule has 1 fully saturated rings. The molecule has 1 unspecified atom stereocenters. The molecular formula is C16H14ClFN2OS. The molecule has 0 aliphatic carbocycles. The zero-order valence-corrected chi connectivity index (χ0v) is 13.2. The Kier molecular flexibility index (Phi) is 4.55. The van der Waals surface area contributed by atoms with E-state index in [2.05, 4.69) is 5.32 Å². The maximum atomic E-state index is 13.4. The van der Waals surface area contributed by atoms with Crippen LogP contribution in [0.1, 0.15) is 10.9 Å². The van der Waals surface area contributed by atoms with Crippen molar-refractivity contribution in [2.75, 3.05) is 17.6 Å². The van der Waals surface area contributed by atoms with E-state index in [1.165, 1.54) is 12.1 Å². The van der Waals surface area contributed by atoms with E-state index in [0.717, 1.165) is 11.3 Å². The van der Waals surface area contributed by atoms with Gasteiger partial charge in [0, 0.05) is 23.0 Å². The number of amides is 2. The summed E-state index contributed by atoms with van der Waals surface area (Å²) in [6.07, 6.45) is 0. The van der Waals surface area contributed by atoms with E-state index in [4.69, 9.17) is 11.6 Å². The van der Waals surface area contributed by atoms with Crippen LogP contribution in [0.3, 0.4) is 0 Å². The summed E-state index contributed by atoms with van der Waals surface area (Å²) in [6, 6.07) is 13.2. The van der Waals surface area contributed by atoms with Crippen molar-refractivity contribution in [2.24, 2.45) is 0 Å². The number of hydrogen-bond donors (Lipinski definition) is 1. The molecule has 114 valence electrons. The van der Waals surface area contributed by atoms with Crippen molar-refractivity contribution >= 4 is 35.1 Å². The van der Waals surface area contributed by atoms with Crippen molar-refractivity contribution in [3.05, 3.63) is 64.9 Å². The van der Waals surface area contributed by atoms with E-state index in [0.29, 0.717) is 17.3 Å². The summed E-state index contributed by atoms with van der Waals surface area (Å²) in [5.74, 6) is 0.532. The lowest BCUT2D eigenvalue weighted by Gasteiger charge is -2.24. The number of thioether (sulfide) groups is 1. The highest BCUT2D eigenvalue weighted by Crippen LogP contribution is 2.38. The number of urea groups is 1. The molecule has 1 aliphatic rings. The van der Waals surface area contributed by atoms with Crippen molar-refractivity contribution in [1.82, 2.24) is 4.90 Å². The third kappa shape index (κ3) is 3.36. The van der Waals surface area contributed by atoms with Crippen LogP contribution in [0.5, 0.6) is 0 Å². The summed E-state index contributed by atoms with van der Waals surface area (Å²) in [5.41, 5.74) is 1.44. The molecule has 22 heavy (non-hydrogen) atoms. The highest BCUT2D eigenvalue weighted by atomic mass is 35.5. The fourth-order valence-electron chi connectivity index (χ4n) is 2.38. The zero-order chi connectivity index (χ0) is 15.5. The first kappa shape index (κ1) is 15.2. The van der Waals surface area contributed by atoms with Gasteiger partial charge >= 0.3 is 6.03 Å². The molecule has 1 saturated heterocycles. The van der Waals surface area contributed by atoms with Crippen LogP contribution < -0.4 is 5.32 Å². The summed E-state index contributed by atoms with van der Waals surface area (Å²) in [7, 11) is 0. The molecule has 1 heterocycles. The van der Waals surface area contributed by atoms with E-state index in [-0.39, 0.29) is 17.2 Å². The van der Waals surface area contributed by atoms with Gasteiger partial charge in [0.25, 0.3) is 0 Å². The fourth-order valence-corrected chi connectivity index (χ4v) is 3.81. The quantitative estimate of drug-likeness (QED) is 0.857. The Morgan fingerprint density at radius 3 is 2.86 bits per heavy atom. The van der Waals surface area contributed by atoms with Crippen molar-refractivity contribution in [3.63, 3.8) is 0 Å². The number of rotatable bonds is 2. The lowest BCUT2D eigenvalue weighted by atomic mass is 10.2. The molecule has 3 nitrogen and oxygen atoms in total. The van der Waals surface area contributed by atoms with Crippen molar-refractivity contribution < 1.29 is 9.18 Å². The fraction of sp³-hybridized carbons (Fsp3) is 0.188. The van der Waals surface area contributed by atoms with E-state index < -0.39 is 0 Å². The van der Waals surface area contributed by atoms with Gasteiger partial charge in [-0.15, -0.1) is 11.8 Å². The topological polar surface area (TPSA) is 32.3 Å². The maximum absolute atomic E-state index is 13.4. The molecule has 0 radical (unpaired) electrons. The van der Waals surface area contributed by atoms with Gasteiger partial charge in [0.15, 0.2) is 0 Å². The maximum Gasteiger partial charge on any atom is 0.323 e. The Labute approximate surface area is 137 Å². The van der Waals surface area contributed by atoms with Crippen LogP contribution in [0.4, 0.5) is 14.9 Å². The molecule has 0 bridgehead atoms. The van der Waals surface area contributed by atoms with Gasteiger partial charge in [0.05, 0.1) is 0 Å². The highest BCUT2D eigenvalue weighted by molar-refractivity contribution is 7.99. The molecule has 0 aromatic heterocycles. The average Bonchev–Trinajstić information content (AvgIpc) is 2.97. The molecule has 3 rings (SSSR count). The molecule has 2 aromatic carbocycles. The molecule has 1 N–H and O–H groups in total. The first-order chi connectivity index (χ1) is 10.6. The largest absolute Gasteiger partial charge is 0.323 e. The second kappa shape index (κ2) is 6.58. The van der Waals surface area contributed by atoms with Gasteiger partial charge in [-0.1, -0.05) is 29.8 Å². The van der Waals surface area contributed by atoms with Gasteiger partial charge < -0.3 is 10.2 Å². The third-order valence-corrected chi connectivity index (χ3v) is 4.86. The first-order valence-electron chi connectivity index (χ1n) is 6.84. The number of anilines is 1. The average molecular weight is 337 g/mol. The smallest absolute Gasteiger partial charge is 0.308 e. The minimum atomic E-state index is -0.291. The Morgan fingerprint density at radius 1 is 1.27 bits per heavy atom. The number of halogens is 2. The second-order valence-corrected chi connectivity index (χ2v) is 6.54. The van der Waals surface area contributed by atoms with Gasteiger partial charge in [0.1, 0.15) is 11.2 Å². The van der Waals surface area contributed by atoms with Crippen LogP contribution in [-0.2, 0) is 0 Å². The van der Waals surface area contributed by atoms with E-state index >= 15 is 0 Å². The molecule has 1 aliphatic heterocycles. The minimum absolute atomic E-state index is 0.171. The summed E-state index contributed by atoms with van der Waals surface area (Å²) < 4.78 is 13.4. The van der Waals surface area contributed by atoms with Gasteiger partial charge in [-0.2, -0.15) is 0 Å². The lowest BCUT2D eigenvalue weighted by Crippen LogP contribution is -2.34. The van der Waals surface area contributed by atoms with E-state index in [1.807, 2.05) is 6.07 Å². The molecule has 6 heteroatoms. The van der Waals surface area contributed by atoms with Crippen LogP contribution in [0.15, 0.2) is 48.5 Å². The van der Waals surface area contributed by atoms with Crippen LogP contribution in [0, 0.1) is 5.82 Å². The molecule has 1 atom stereocenters. The van der Waals surface area contributed by atoms with Crippen molar-refractivity contribution in [3.8, 4) is 0 Å². The Morgan fingerprint density at radius 2 is 2.09 bits per heavy atom. The lowest BCUT2D eigenvalue weighted by molar-refractivity contribution is 0.214. The molecule has 0 spiro atoms. The predicted octanol–water partition coefficient (Wildman–Crippen LogP) is 4.76. The zero-order valence-electron chi connectivity index (χ0n) is 11.6. The summed E-state index contributed by atoms with van der Waals surface area (Å²) in [5, 5.41) is 3.23. The van der Waals surface area contributed by atoms with Crippen molar-refractivity contribution in [2.45, 2.75) is 5.37 Å². The minimum Gasteiger partial charge on any atom is -0.308 e. The Hall–Kier alpha value is -1.72. The van der Waals surface area contributed by atoms with E-state index in [9.17, 15) is 9.18 Å². The third-order valence-electron chi connectivity index (χ3n) is 3.36. The molecule has 2 amide bonds. The number of nitrogens with one attached hydrogen (secondary N) is 1. The Balaban J connectivity index is 1.76. The SMILES string of the molecule is O=C(Nc1cccc(Cl)c1)N1CCSC1c1cccc(F)c1. The summed E-state index contributed by atoms with van der Waals surface area (Å²) in [6.45, 7) is 0.623. The van der Waals surface area contributed by atoms with Crippen LogP contribution >= 0.6 is 23.4 Å². The number of carbonyl (C=O) groups is 1. The molecular weight excluding hydrogens is 323 g/mol. The number of hydrogen-bond acceptors (Lipinski definition) is 2. The number of benzene rings is 2. The molecule has 0 saturated carbocycles. The summed E-state index contributed by atoms with van der Waals surface area (Å²) >= 11 is 7.55. The highest BCUT2D eigenvalue weighted by Gasteiger charge is 2.30. The van der Waals surface area contributed by atoms with Gasteiger partial charge in [-0.05, 0) is 35.9 Å².